The number of halogens is 3. The van der Waals surface area contributed by atoms with Crippen LogP contribution in [0.1, 0.15) is 33.6 Å². The van der Waals surface area contributed by atoms with Crippen LogP contribution in [0.15, 0.2) is 54.9 Å². The number of aromatic nitrogens is 2. The Balaban J connectivity index is 1.84. The van der Waals surface area contributed by atoms with Crippen molar-refractivity contribution in [2.24, 2.45) is 5.92 Å². The molecule has 0 unspecified atom stereocenters. The van der Waals surface area contributed by atoms with E-state index in [-0.39, 0.29) is 6.42 Å². The van der Waals surface area contributed by atoms with Crippen LogP contribution in [-0.2, 0) is 12.8 Å². The number of nitrogens with zero attached hydrogens (tertiary/aromatic N) is 1. The van der Waals surface area contributed by atoms with E-state index in [1.54, 1.807) is 24.5 Å². The minimum absolute atomic E-state index is 0.197. The average molecular weight is 370 g/mol. The summed E-state index contributed by atoms with van der Waals surface area (Å²) in [7, 11) is 0. The number of nitrogens with one attached hydrogen (secondary N) is 1. The Bertz CT molecular complexity index is 962. The minimum Gasteiger partial charge on any atom is -0.358 e. The van der Waals surface area contributed by atoms with Crippen LogP contribution in [0, 0.1) is 5.92 Å². The van der Waals surface area contributed by atoms with Gasteiger partial charge in [0.2, 0.25) is 0 Å². The van der Waals surface area contributed by atoms with E-state index in [1.165, 1.54) is 0 Å². The Morgan fingerprint density at radius 1 is 1.04 bits per heavy atom. The first-order valence-corrected chi connectivity index (χ1v) is 8.71. The van der Waals surface area contributed by atoms with Gasteiger partial charge in [0.1, 0.15) is 0 Å². The summed E-state index contributed by atoms with van der Waals surface area (Å²) >= 11 is 0. The van der Waals surface area contributed by atoms with Crippen LogP contribution in [-0.4, -0.2) is 21.9 Å². The molecule has 1 aliphatic carbocycles. The lowest BCUT2D eigenvalue weighted by Crippen LogP contribution is -2.31. The van der Waals surface area contributed by atoms with Gasteiger partial charge in [-0.05, 0) is 23.3 Å². The summed E-state index contributed by atoms with van der Waals surface area (Å²) in [5.41, 5.74) is 4.06. The molecule has 27 heavy (non-hydrogen) atoms. The number of pyridine rings is 1. The van der Waals surface area contributed by atoms with E-state index in [0.717, 1.165) is 16.7 Å². The molecule has 0 fully saturated rings. The van der Waals surface area contributed by atoms with E-state index in [9.17, 15) is 18.0 Å². The van der Waals surface area contributed by atoms with Crippen LogP contribution < -0.4 is 0 Å². The van der Waals surface area contributed by atoms with E-state index in [0.29, 0.717) is 23.4 Å². The van der Waals surface area contributed by atoms with E-state index >= 15 is 0 Å². The number of benzene rings is 1. The maximum atomic E-state index is 13.2. The number of aromatic amines is 1. The van der Waals surface area contributed by atoms with Crippen molar-refractivity contribution in [3.63, 3.8) is 0 Å². The molecule has 3 aromatic rings. The fourth-order valence-corrected chi connectivity index (χ4v) is 3.70. The standard InChI is InChI=1S/C21H17F3N2O/c22-21(23,24)15-11-17-19(18(27)12-15)16(10-13-4-2-1-3-5-13)20(26-17)14-6-8-25-9-7-14/h1-9,15,26H,10-12H2/t15-/m1/s1. The van der Waals surface area contributed by atoms with Gasteiger partial charge in [-0.25, -0.2) is 0 Å². The second-order valence-corrected chi connectivity index (χ2v) is 6.80. The van der Waals surface area contributed by atoms with Crippen molar-refractivity contribution >= 4 is 5.78 Å². The van der Waals surface area contributed by atoms with Crippen LogP contribution in [0.2, 0.25) is 0 Å². The molecule has 3 nitrogen and oxygen atoms in total. The van der Waals surface area contributed by atoms with Crippen molar-refractivity contribution in [1.29, 1.82) is 0 Å². The highest BCUT2D eigenvalue weighted by atomic mass is 19.4. The molecule has 138 valence electrons. The number of carbonyl (C=O) groups excluding carboxylic acids is 1. The van der Waals surface area contributed by atoms with Crippen molar-refractivity contribution in [2.75, 3.05) is 0 Å². The van der Waals surface area contributed by atoms with Crippen molar-refractivity contribution in [3.8, 4) is 11.3 Å². The van der Waals surface area contributed by atoms with Gasteiger partial charge in [-0.2, -0.15) is 13.2 Å². The summed E-state index contributed by atoms with van der Waals surface area (Å²) in [4.78, 5) is 19.8. The lowest BCUT2D eigenvalue weighted by atomic mass is 9.83. The number of Topliss-reactive ketones (excluding diaryl/α,β-unsaturated/α-hetero) is 1. The summed E-state index contributed by atoms with van der Waals surface area (Å²) in [6.07, 6.45) is -1.34. The molecule has 0 amide bonds. The zero-order valence-corrected chi connectivity index (χ0v) is 14.4. The van der Waals surface area contributed by atoms with Crippen molar-refractivity contribution in [3.05, 3.63) is 77.2 Å². The van der Waals surface area contributed by atoms with Crippen LogP contribution in [0.3, 0.4) is 0 Å². The van der Waals surface area contributed by atoms with E-state index < -0.39 is 24.3 Å². The number of carbonyl (C=O) groups is 1. The Morgan fingerprint density at radius 2 is 1.74 bits per heavy atom. The Hall–Kier alpha value is -2.89. The summed E-state index contributed by atoms with van der Waals surface area (Å²) < 4.78 is 39.6. The molecule has 0 saturated heterocycles. The SMILES string of the molecule is O=C1C[C@H](C(F)(F)F)Cc2[nH]c(-c3ccncc3)c(Cc3ccccc3)c21. The van der Waals surface area contributed by atoms with Crippen molar-refractivity contribution in [2.45, 2.75) is 25.4 Å². The largest absolute Gasteiger partial charge is 0.392 e. The number of fused-ring (bicyclic) bond motifs is 1. The molecular formula is C21H17F3N2O. The molecule has 0 aliphatic heterocycles. The van der Waals surface area contributed by atoms with Gasteiger partial charge in [0.25, 0.3) is 0 Å². The Morgan fingerprint density at radius 3 is 2.41 bits per heavy atom. The van der Waals surface area contributed by atoms with Gasteiger partial charge in [0, 0.05) is 48.5 Å². The van der Waals surface area contributed by atoms with Gasteiger partial charge >= 0.3 is 6.18 Å². The third-order valence-corrected chi connectivity index (χ3v) is 5.00. The molecule has 1 atom stereocenters. The molecule has 1 N–H and O–H groups in total. The lowest BCUT2D eigenvalue weighted by Gasteiger charge is -2.24. The molecule has 0 saturated carbocycles. The fourth-order valence-electron chi connectivity index (χ4n) is 3.70. The average Bonchev–Trinajstić information content (AvgIpc) is 3.01. The molecule has 2 heterocycles. The topological polar surface area (TPSA) is 45.8 Å². The zero-order chi connectivity index (χ0) is 19.0. The smallest absolute Gasteiger partial charge is 0.358 e. The fraction of sp³-hybridized carbons (Fsp3) is 0.238. The lowest BCUT2D eigenvalue weighted by molar-refractivity contribution is -0.174. The van der Waals surface area contributed by atoms with Gasteiger partial charge in [0.05, 0.1) is 11.6 Å². The molecule has 0 radical (unpaired) electrons. The molecule has 0 bridgehead atoms. The third kappa shape index (κ3) is 3.39. The molecule has 4 rings (SSSR count). The number of alkyl halides is 3. The molecular weight excluding hydrogens is 353 g/mol. The summed E-state index contributed by atoms with van der Waals surface area (Å²) in [6, 6.07) is 13.2. The third-order valence-electron chi connectivity index (χ3n) is 5.00. The second-order valence-electron chi connectivity index (χ2n) is 6.80. The van der Waals surface area contributed by atoms with E-state index in [4.69, 9.17) is 0 Å². The zero-order valence-electron chi connectivity index (χ0n) is 14.4. The Kier molecular flexibility index (Phi) is 4.34. The minimum atomic E-state index is -4.38. The van der Waals surface area contributed by atoms with Crippen molar-refractivity contribution in [1.82, 2.24) is 9.97 Å². The van der Waals surface area contributed by atoms with Crippen molar-refractivity contribution < 1.29 is 18.0 Å². The van der Waals surface area contributed by atoms with Crippen LogP contribution in [0.5, 0.6) is 0 Å². The second kappa shape index (κ2) is 6.68. The monoisotopic (exact) mass is 370 g/mol. The maximum absolute atomic E-state index is 13.2. The van der Waals surface area contributed by atoms with E-state index in [2.05, 4.69) is 9.97 Å². The number of ketones is 1. The van der Waals surface area contributed by atoms with Gasteiger partial charge < -0.3 is 4.98 Å². The van der Waals surface area contributed by atoms with Gasteiger partial charge in [-0.3, -0.25) is 9.78 Å². The number of rotatable bonds is 3. The number of H-pyrrole nitrogens is 1. The molecule has 1 aromatic carbocycles. The highest BCUT2D eigenvalue weighted by Crippen LogP contribution is 2.41. The predicted molar refractivity (Wildman–Crippen MR) is 95.5 cm³/mol. The first kappa shape index (κ1) is 17.5. The first-order chi connectivity index (χ1) is 12.9. The van der Waals surface area contributed by atoms with Crippen LogP contribution in [0.25, 0.3) is 11.3 Å². The van der Waals surface area contributed by atoms with Gasteiger partial charge in [-0.15, -0.1) is 0 Å². The summed E-state index contributed by atoms with van der Waals surface area (Å²) in [5, 5.41) is 0. The van der Waals surface area contributed by atoms with Gasteiger partial charge in [-0.1, -0.05) is 30.3 Å². The summed E-state index contributed by atoms with van der Waals surface area (Å²) in [5.74, 6) is -2.08. The summed E-state index contributed by atoms with van der Waals surface area (Å²) in [6.45, 7) is 0. The van der Waals surface area contributed by atoms with Gasteiger partial charge in [0.15, 0.2) is 5.78 Å². The molecule has 0 spiro atoms. The normalized spacial score (nSPS) is 17.0. The highest BCUT2D eigenvalue weighted by Gasteiger charge is 2.45. The number of hydrogen-bond acceptors (Lipinski definition) is 2. The highest BCUT2D eigenvalue weighted by molar-refractivity contribution is 6.02. The maximum Gasteiger partial charge on any atom is 0.392 e. The Labute approximate surface area is 154 Å². The number of hydrogen-bond donors (Lipinski definition) is 1. The first-order valence-electron chi connectivity index (χ1n) is 8.71. The van der Waals surface area contributed by atoms with E-state index in [1.807, 2.05) is 30.3 Å². The quantitative estimate of drug-likeness (QED) is 0.707. The van der Waals surface area contributed by atoms with Crippen LogP contribution >= 0.6 is 0 Å². The molecule has 1 aliphatic rings. The molecule has 6 heteroatoms. The predicted octanol–water partition coefficient (Wildman–Crippen LogP) is 4.97. The van der Waals surface area contributed by atoms with Crippen LogP contribution in [0.4, 0.5) is 13.2 Å². The molecule has 2 aromatic heterocycles.